The molecule has 2 aromatic rings. The van der Waals surface area contributed by atoms with Gasteiger partial charge in [0, 0.05) is 0 Å². The fourth-order valence-corrected chi connectivity index (χ4v) is 2.45. The van der Waals surface area contributed by atoms with Gasteiger partial charge in [-0.15, -0.1) is 0 Å². The Balaban J connectivity index is 2.72. The number of aromatic carboxylic acids is 2. The molecule has 0 saturated carbocycles. The zero-order valence-electron chi connectivity index (χ0n) is 12.3. The van der Waals surface area contributed by atoms with Crippen LogP contribution in [0.5, 0.6) is 0 Å². The van der Waals surface area contributed by atoms with E-state index in [2.05, 4.69) is 0 Å². The molecule has 0 unspecified atom stereocenters. The third-order valence-electron chi connectivity index (χ3n) is 3.32. The molecule has 4 heteroatoms. The van der Waals surface area contributed by atoms with Crippen LogP contribution in [0, 0.1) is 5.41 Å². The van der Waals surface area contributed by atoms with Crippen LogP contribution in [0.4, 0.5) is 0 Å². The molecule has 0 atom stereocenters. The average Bonchev–Trinajstić information content (AvgIpc) is 2.36. The van der Waals surface area contributed by atoms with Gasteiger partial charge in [-0.05, 0) is 46.4 Å². The van der Waals surface area contributed by atoms with Gasteiger partial charge < -0.3 is 10.2 Å². The maximum Gasteiger partial charge on any atom is 0.335 e. The summed E-state index contributed by atoms with van der Waals surface area (Å²) in [5.74, 6) is -1.95. The van der Waals surface area contributed by atoms with Crippen molar-refractivity contribution in [3.8, 4) is 0 Å². The molecule has 0 aliphatic carbocycles. The second kappa shape index (κ2) is 5.20. The molecule has 0 fully saturated rings. The molecule has 2 rings (SSSR count). The van der Waals surface area contributed by atoms with Crippen molar-refractivity contribution >= 4 is 22.7 Å². The molecule has 110 valence electrons. The Morgan fingerprint density at radius 1 is 1.00 bits per heavy atom. The van der Waals surface area contributed by atoms with Crippen molar-refractivity contribution in [1.29, 1.82) is 0 Å². The van der Waals surface area contributed by atoms with Crippen LogP contribution in [0.15, 0.2) is 30.3 Å². The molecule has 0 bridgehead atoms. The maximum atomic E-state index is 11.4. The molecule has 21 heavy (non-hydrogen) atoms. The Morgan fingerprint density at radius 3 is 2.19 bits per heavy atom. The molecule has 0 aliphatic rings. The summed E-state index contributed by atoms with van der Waals surface area (Å²) in [6.07, 6.45) is 0.610. The fraction of sp³-hybridized carbons (Fsp3) is 0.294. The Bertz CT molecular complexity index is 723. The molecule has 0 spiro atoms. The zero-order valence-corrected chi connectivity index (χ0v) is 12.3. The van der Waals surface area contributed by atoms with Crippen molar-refractivity contribution in [2.75, 3.05) is 0 Å². The largest absolute Gasteiger partial charge is 0.478 e. The van der Waals surface area contributed by atoms with E-state index >= 15 is 0 Å². The Kier molecular flexibility index (Phi) is 3.73. The monoisotopic (exact) mass is 286 g/mol. The highest BCUT2D eigenvalue weighted by Gasteiger charge is 2.20. The lowest BCUT2D eigenvalue weighted by molar-refractivity contribution is 0.0685. The Labute approximate surface area is 123 Å². The van der Waals surface area contributed by atoms with Crippen molar-refractivity contribution in [3.05, 3.63) is 47.0 Å². The number of rotatable bonds is 3. The van der Waals surface area contributed by atoms with Crippen molar-refractivity contribution in [2.24, 2.45) is 5.41 Å². The number of fused-ring (bicyclic) bond motifs is 1. The van der Waals surface area contributed by atoms with Crippen LogP contribution in [0.3, 0.4) is 0 Å². The summed E-state index contributed by atoms with van der Waals surface area (Å²) in [6, 6.07) is 8.01. The first-order valence-electron chi connectivity index (χ1n) is 6.71. The highest BCUT2D eigenvalue weighted by molar-refractivity contribution is 6.00. The van der Waals surface area contributed by atoms with Crippen LogP contribution in [-0.2, 0) is 6.42 Å². The van der Waals surface area contributed by atoms with Gasteiger partial charge in [-0.1, -0.05) is 32.9 Å². The lowest BCUT2D eigenvalue weighted by atomic mass is 9.83. The van der Waals surface area contributed by atoms with Gasteiger partial charge >= 0.3 is 11.9 Å². The lowest BCUT2D eigenvalue weighted by Gasteiger charge is -2.21. The van der Waals surface area contributed by atoms with Gasteiger partial charge in [0.2, 0.25) is 0 Å². The fourth-order valence-electron chi connectivity index (χ4n) is 2.45. The predicted molar refractivity (Wildman–Crippen MR) is 81.0 cm³/mol. The zero-order chi connectivity index (χ0) is 15.8. The highest BCUT2D eigenvalue weighted by atomic mass is 16.4. The molecule has 0 amide bonds. The molecule has 0 radical (unpaired) electrons. The van der Waals surface area contributed by atoms with Gasteiger partial charge in [0.15, 0.2) is 0 Å². The SMILES string of the molecule is CC(C)(C)Cc1c(C(=O)O)ccc2cc(C(=O)O)ccc12. The van der Waals surface area contributed by atoms with Crippen LogP contribution in [-0.4, -0.2) is 22.2 Å². The van der Waals surface area contributed by atoms with Gasteiger partial charge in [0.25, 0.3) is 0 Å². The summed E-state index contributed by atoms with van der Waals surface area (Å²) in [5.41, 5.74) is 1.17. The van der Waals surface area contributed by atoms with E-state index in [1.165, 1.54) is 6.07 Å². The quantitative estimate of drug-likeness (QED) is 0.899. The Morgan fingerprint density at radius 2 is 1.67 bits per heavy atom. The predicted octanol–water partition coefficient (Wildman–Crippen LogP) is 3.82. The van der Waals surface area contributed by atoms with Crippen LogP contribution in [0.25, 0.3) is 10.8 Å². The first-order chi connectivity index (χ1) is 9.69. The summed E-state index contributed by atoms with van der Waals surface area (Å²) in [4.78, 5) is 22.5. The standard InChI is InChI=1S/C17H18O4/c1-17(2,3)9-14-12-6-5-11(15(18)19)8-10(12)4-7-13(14)16(20)21/h4-8H,9H2,1-3H3,(H,18,19)(H,20,21). The minimum Gasteiger partial charge on any atom is -0.478 e. The normalized spacial score (nSPS) is 11.6. The average molecular weight is 286 g/mol. The van der Waals surface area contributed by atoms with Crippen LogP contribution < -0.4 is 0 Å². The third-order valence-corrected chi connectivity index (χ3v) is 3.32. The van der Waals surface area contributed by atoms with Crippen LogP contribution in [0.1, 0.15) is 47.1 Å². The van der Waals surface area contributed by atoms with Crippen LogP contribution in [0.2, 0.25) is 0 Å². The van der Waals surface area contributed by atoms with E-state index in [0.29, 0.717) is 6.42 Å². The second-order valence-corrected chi connectivity index (χ2v) is 6.38. The number of carbonyl (C=O) groups is 2. The first-order valence-corrected chi connectivity index (χ1v) is 6.71. The van der Waals surface area contributed by atoms with Crippen molar-refractivity contribution in [1.82, 2.24) is 0 Å². The van der Waals surface area contributed by atoms with Crippen molar-refractivity contribution in [2.45, 2.75) is 27.2 Å². The topological polar surface area (TPSA) is 74.6 Å². The van der Waals surface area contributed by atoms with Crippen molar-refractivity contribution < 1.29 is 19.8 Å². The number of hydrogen-bond donors (Lipinski definition) is 2. The van der Waals surface area contributed by atoms with Gasteiger partial charge in [-0.3, -0.25) is 0 Å². The minimum atomic E-state index is -0.989. The lowest BCUT2D eigenvalue weighted by Crippen LogP contribution is -2.13. The molecule has 4 nitrogen and oxygen atoms in total. The number of benzene rings is 2. The van der Waals surface area contributed by atoms with E-state index in [-0.39, 0.29) is 16.5 Å². The Hall–Kier alpha value is -2.36. The van der Waals surface area contributed by atoms with E-state index in [0.717, 1.165) is 16.3 Å². The van der Waals surface area contributed by atoms with Gasteiger partial charge in [0.05, 0.1) is 11.1 Å². The molecular formula is C17H18O4. The van der Waals surface area contributed by atoms with Crippen LogP contribution >= 0.6 is 0 Å². The molecule has 0 aliphatic heterocycles. The molecule has 2 N–H and O–H groups in total. The van der Waals surface area contributed by atoms with Gasteiger partial charge in [-0.25, -0.2) is 9.59 Å². The van der Waals surface area contributed by atoms with Gasteiger partial charge in [0.1, 0.15) is 0 Å². The van der Waals surface area contributed by atoms with E-state index in [1.54, 1.807) is 24.3 Å². The smallest absolute Gasteiger partial charge is 0.335 e. The van der Waals surface area contributed by atoms with E-state index < -0.39 is 11.9 Å². The summed E-state index contributed by atoms with van der Waals surface area (Å²) in [5, 5.41) is 20.0. The number of hydrogen-bond acceptors (Lipinski definition) is 2. The summed E-state index contributed by atoms with van der Waals surface area (Å²) in [6.45, 7) is 6.13. The maximum absolute atomic E-state index is 11.4. The summed E-state index contributed by atoms with van der Waals surface area (Å²) >= 11 is 0. The first kappa shape index (κ1) is 15.0. The van der Waals surface area contributed by atoms with E-state index in [4.69, 9.17) is 5.11 Å². The third kappa shape index (κ3) is 3.21. The van der Waals surface area contributed by atoms with E-state index in [9.17, 15) is 14.7 Å². The summed E-state index contributed by atoms with van der Waals surface area (Å²) < 4.78 is 0. The summed E-state index contributed by atoms with van der Waals surface area (Å²) in [7, 11) is 0. The van der Waals surface area contributed by atoms with E-state index in [1.807, 2.05) is 20.8 Å². The molecule has 0 aromatic heterocycles. The molecule has 0 saturated heterocycles. The highest BCUT2D eigenvalue weighted by Crippen LogP contribution is 2.30. The molecular weight excluding hydrogens is 268 g/mol. The molecule has 0 heterocycles. The number of carboxylic acid groups (broad SMARTS) is 2. The number of carboxylic acids is 2. The molecule has 2 aromatic carbocycles. The second-order valence-electron chi connectivity index (χ2n) is 6.38. The van der Waals surface area contributed by atoms with Gasteiger partial charge in [-0.2, -0.15) is 0 Å². The minimum absolute atomic E-state index is 0.0655. The van der Waals surface area contributed by atoms with Crippen molar-refractivity contribution in [3.63, 3.8) is 0 Å².